The molecule has 1 aromatic carbocycles. The van der Waals surface area contributed by atoms with E-state index in [1.54, 1.807) is 14.0 Å². The summed E-state index contributed by atoms with van der Waals surface area (Å²) >= 11 is 0. The van der Waals surface area contributed by atoms with Gasteiger partial charge >= 0.3 is 0 Å². The van der Waals surface area contributed by atoms with Crippen LogP contribution in [0.2, 0.25) is 0 Å². The van der Waals surface area contributed by atoms with Crippen LogP contribution in [0.3, 0.4) is 0 Å². The average molecular weight is 295 g/mol. The van der Waals surface area contributed by atoms with Crippen LogP contribution in [-0.2, 0) is 9.53 Å². The summed E-state index contributed by atoms with van der Waals surface area (Å²) in [6, 6.07) is 5.80. The highest BCUT2D eigenvalue weighted by Crippen LogP contribution is 2.18. The molecule has 0 spiro atoms. The minimum Gasteiger partial charge on any atom is -0.484 e. The van der Waals surface area contributed by atoms with Crippen molar-refractivity contribution in [2.75, 3.05) is 26.9 Å². The molecule has 21 heavy (non-hydrogen) atoms. The van der Waals surface area contributed by atoms with E-state index in [1.807, 2.05) is 32.0 Å². The van der Waals surface area contributed by atoms with Crippen LogP contribution in [0, 0.1) is 13.8 Å². The fraction of sp³-hybridized carbons (Fsp3) is 0.562. The van der Waals surface area contributed by atoms with E-state index < -0.39 is 5.60 Å². The van der Waals surface area contributed by atoms with Gasteiger partial charge in [-0.3, -0.25) is 4.79 Å². The molecule has 118 valence electrons. The first kappa shape index (κ1) is 17.5. The largest absolute Gasteiger partial charge is 0.484 e. The Morgan fingerprint density at radius 3 is 2.71 bits per heavy atom. The smallest absolute Gasteiger partial charge is 0.258 e. The molecule has 2 N–H and O–H groups in total. The molecular formula is C16H25NO4. The molecule has 1 rings (SSSR count). The molecule has 5 heteroatoms. The van der Waals surface area contributed by atoms with Gasteiger partial charge in [0, 0.05) is 26.7 Å². The predicted octanol–water partition coefficient (Wildman–Crippen LogP) is 1.59. The normalized spacial score (nSPS) is 13.6. The van der Waals surface area contributed by atoms with Gasteiger partial charge in [-0.25, -0.2) is 0 Å². The van der Waals surface area contributed by atoms with Crippen molar-refractivity contribution >= 4 is 5.91 Å². The highest BCUT2D eigenvalue weighted by atomic mass is 16.5. The van der Waals surface area contributed by atoms with Gasteiger partial charge in [-0.05, 0) is 32.4 Å². The molecule has 1 atom stereocenters. The lowest BCUT2D eigenvalue weighted by Crippen LogP contribution is -2.42. The maximum atomic E-state index is 11.7. The molecule has 1 aromatic rings. The molecule has 5 nitrogen and oxygen atoms in total. The molecule has 0 aromatic heterocycles. The third-order valence-electron chi connectivity index (χ3n) is 3.20. The Morgan fingerprint density at radius 1 is 1.38 bits per heavy atom. The van der Waals surface area contributed by atoms with E-state index in [9.17, 15) is 9.90 Å². The number of methoxy groups -OCH3 is 1. The second-order valence-electron chi connectivity index (χ2n) is 5.57. The van der Waals surface area contributed by atoms with Gasteiger partial charge in [-0.15, -0.1) is 0 Å². The Morgan fingerprint density at radius 2 is 2.10 bits per heavy atom. The van der Waals surface area contributed by atoms with Gasteiger partial charge in [0.15, 0.2) is 6.61 Å². The zero-order valence-corrected chi connectivity index (χ0v) is 13.2. The zero-order valence-electron chi connectivity index (χ0n) is 13.2. The highest BCUT2D eigenvalue weighted by molar-refractivity contribution is 5.77. The summed E-state index contributed by atoms with van der Waals surface area (Å²) < 4.78 is 10.4. The lowest BCUT2D eigenvalue weighted by molar-refractivity contribution is -0.124. The minimum atomic E-state index is -0.981. The number of carbonyl (C=O) groups is 1. The van der Waals surface area contributed by atoms with E-state index in [-0.39, 0.29) is 19.1 Å². The Kier molecular flexibility index (Phi) is 6.65. The lowest BCUT2D eigenvalue weighted by Gasteiger charge is -2.23. The first-order chi connectivity index (χ1) is 9.84. The number of aryl methyl sites for hydroxylation is 2. The molecule has 1 unspecified atom stereocenters. The van der Waals surface area contributed by atoms with Gasteiger partial charge in [-0.1, -0.05) is 17.7 Å². The number of benzene rings is 1. The summed E-state index contributed by atoms with van der Waals surface area (Å²) in [7, 11) is 1.58. The summed E-state index contributed by atoms with van der Waals surface area (Å²) in [5.74, 6) is 0.439. The summed E-state index contributed by atoms with van der Waals surface area (Å²) in [6.45, 7) is 6.16. The molecule has 0 aliphatic carbocycles. The fourth-order valence-corrected chi connectivity index (χ4v) is 1.85. The summed E-state index contributed by atoms with van der Waals surface area (Å²) in [6.07, 6.45) is 0.460. The van der Waals surface area contributed by atoms with Gasteiger partial charge < -0.3 is 19.9 Å². The van der Waals surface area contributed by atoms with Gasteiger partial charge in [0.1, 0.15) is 5.75 Å². The van der Waals surface area contributed by atoms with Crippen LogP contribution in [-0.4, -0.2) is 43.5 Å². The molecule has 0 radical (unpaired) electrons. The number of ether oxygens (including phenoxy) is 2. The molecule has 0 heterocycles. The van der Waals surface area contributed by atoms with Crippen LogP contribution >= 0.6 is 0 Å². The molecule has 0 aliphatic heterocycles. The van der Waals surface area contributed by atoms with Gasteiger partial charge in [-0.2, -0.15) is 0 Å². The van der Waals surface area contributed by atoms with Crippen LogP contribution < -0.4 is 10.1 Å². The Hall–Kier alpha value is -1.59. The molecule has 1 amide bonds. The van der Waals surface area contributed by atoms with Crippen LogP contribution in [0.1, 0.15) is 24.5 Å². The number of aliphatic hydroxyl groups is 1. The van der Waals surface area contributed by atoms with Crippen molar-refractivity contribution in [1.82, 2.24) is 5.32 Å². The summed E-state index contributed by atoms with van der Waals surface area (Å²) in [5, 5.41) is 12.7. The van der Waals surface area contributed by atoms with E-state index in [4.69, 9.17) is 9.47 Å². The highest BCUT2D eigenvalue weighted by Gasteiger charge is 2.20. The molecule has 0 bridgehead atoms. The topological polar surface area (TPSA) is 67.8 Å². The van der Waals surface area contributed by atoms with Crippen molar-refractivity contribution in [1.29, 1.82) is 0 Å². The summed E-state index contributed by atoms with van der Waals surface area (Å²) in [5.41, 5.74) is 1.17. The molecule has 0 fully saturated rings. The van der Waals surface area contributed by atoms with Crippen LogP contribution in [0.5, 0.6) is 5.75 Å². The van der Waals surface area contributed by atoms with E-state index in [2.05, 4.69) is 5.32 Å². The quantitative estimate of drug-likeness (QED) is 0.764. The first-order valence-corrected chi connectivity index (χ1v) is 7.02. The first-order valence-electron chi connectivity index (χ1n) is 7.02. The third-order valence-corrected chi connectivity index (χ3v) is 3.20. The second-order valence-corrected chi connectivity index (χ2v) is 5.57. The third kappa shape index (κ3) is 6.60. The molecular weight excluding hydrogens is 270 g/mol. The zero-order chi connectivity index (χ0) is 15.9. The number of rotatable bonds is 8. The second kappa shape index (κ2) is 8.00. The Balaban J connectivity index is 2.37. The van der Waals surface area contributed by atoms with Crippen molar-refractivity contribution < 1.29 is 19.4 Å². The van der Waals surface area contributed by atoms with Crippen molar-refractivity contribution in [2.24, 2.45) is 0 Å². The van der Waals surface area contributed by atoms with Crippen molar-refractivity contribution in [3.63, 3.8) is 0 Å². The maximum absolute atomic E-state index is 11.7. The van der Waals surface area contributed by atoms with Crippen LogP contribution in [0.4, 0.5) is 0 Å². The Labute approximate surface area is 126 Å². The monoisotopic (exact) mass is 295 g/mol. The summed E-state index contributed by atoms with van der Waals surface area (Å²) in [4.78, 5) is 11.7. The van der Waals surface area contributed by atoms with Crippen molar-refractivity contribution in [3.8, 4) is 5.75 Å². The number of carbonyl (C=O) groups excluding carboxylic acids is 1. The fourth-order valence-electron chi connectivity index (χ4n) is 1.85. The van der Waals surface area contributed by atoms with Crippen LogP contribution in [0.15, 0.2) is 18.2 Å². The molecule has 0 saturated carbocycles. The van der Waals surface area contributed by atoms with E-state index in [0.717, 1.165) is 11.1 Å². The van der Waals surface area contributed by atoms with Crippen molar-refractivity contribution in [2.45, 2.75) is 32.8 Å². The minimum absolute atomic E-state index is 0.0652. The van der Waals surface area contributed by atoms with Gasteiger partial charge in [0.2, 0.25) is 0 Å². The number of hydrogen-bond donors (Lipinski definition) is 2. The van der Waals surface area contributed by atoms with E-state index in [0.29, 0.717) is 18.8 Å². The van der Waals surface area contributed by atoms with Gasteiger partial charge in [0.05, 0.1) is 5.60 Å². The van der Waals surface area contributed by atoms with E-state index in [1.165, 1.54) is 0 Å². The standard InChI is InChI=1S/C16H25NO4/c1-12-5-6-14(13(2)9-12)21-10-15(18)17-11-16(3,19)7-8-20-4/h5-6,9,19H,7-8,10-11H2,1-4H3,(H,17,18). The lowest BCUT2D eigenvalue weighted by atomic mass is 10.0. The number of nitrogens with one attached hydrogen (secondary N) is 1. The SMILES string of the molecule is COCCC(C)(O)CNC(=O)COc1ccc(C)cc1C. The number of hydrogen-bond acceptors (Lipinski definition) is 4. The predicted molar refractivity (Wildman–Crippen MR) is 81.5 cm³/mol. The van der Waals surface area contributed by atoms with E-state index >= 15 is 0 Å². The molecule has 0 saturated heterocycles. The van der Waals surface area contributed by atoms with Gasteiger partial charge in [0.25, 0.3) is 5.91 Å². The average Bonchev–Trinajstić information content (AvgIpc) is 2.42. The number of amides is 1. The Bertz CT molecular complexity index is 471. The molecule has 0 aliphatic rings. The van der Waals surface area contributed by atoms with Crippen molar-refractivity contribution in [3.05, 3.63) is 29.3 Å². The maximum Gasteiger partial charge on any atom is 0.258 e. The van der Waals surface area contributed by atoms with Crippen LogP contribution in [0.25, 0.3) is 0 Å².